The highest BCUT2D eigenvalue weighted by molar-refractivity contribution is 9.10. The van der Waals surface area contributed by atoms with Gasteiger partial charge in [0.25, 0.3) is 0 Å². The maximum atomic E-state index is 13.5. The van der Waals surface area contributed by atoms with E-state index in [2.05, 4.69) is 50.3 Å². The molecule has 3 unspecified atom stereocenters. The van der Waals surface area contributed by atoms with Gasteiger partial charge in [-0.25, -0.2) is 4.98 Å². The van der Waals surface area contributed by atoms with Gasteiger partial charge in [-0.05, 0) is 83.9 Å². The van der Waals surface area contributed by atoms with E-state index in [1.165, 1.54) is 0 Å². The van der Waals surface area contributed by atoms with Crippen LogP contribution in [0.5, 0.6) is 11.5 Å². The standard InChI is InChI=1S/C33H36BrN5O3/c1-4-7-21-11-28-32(29(40)12-21)31(26(15-35)20(3)39-28)23-13-27(34)33(30(14-23)41-5-2)42-18-22-8-6-9-24(10-22)37-17-25-16-36-19-38-25/h6,8-10,13-14,16,19,21,26,31,37H,4-5,7,11-12,17-18H2,1-3H3,(H,36,38). The molecule has 1 aromatic heterocycles. The van der Waals surface area contributed by atoms with Gasteiger partial charge in [0.1, 0.15) is 6.61 Å². The van der Waals surface area contributed by atoms with Crippen LogP contribution in [0, 0.1) is 23.2 Å². The zero-order valence-corrected chi connectivity index (χ0v) is 25.8. The molecule has 8 nitrogen and oxygen atoms in total. The fraction of sp³-hybridized carbons (Fsp3) is 0.394. The maximum absolute atomic E-state index is 13.5. The first-order chi connectivity index (χ1) is 20.4. The van der Waals surface area contributed by atoms with Crippen molar-refractivity contribution in [1.29, 1.82) is 5.26 Å². The Labute approximate surface area is 255 Å². The van der Waals surface area contributed by atoms with Gasteiger partial charge in [-0.1, -0.05) is 25.5 Å². The number of anilines is 1. The second kappa shape index (κ2) is 13.4. The van der Waals surface area contributed by atoms with Crippen molar-refractivity contribution in [2.24, 2.45) is 16.8 Å². The van der Waals surface area contributed by atoms with Crippen molar-refractivity contribution in [3.8, 4) is 17.6 Å². The molecule has 5 rings (SSSR count). The molecule has 3 atom stereocenters. The van der Waals surface area contributed by atoms with Crippen LogP contribution in [0.4, 0.5) is 5.69 Å². The third-order valence-electron chi connectivity index (χ3n) is 7.85. The summed E-state index contributed by atoms with van der Waals surface area (Å²) in [4.78, 5) is 25.4. The molecule has 0 saturated heterocycles. The van der Waals surface area contributed by atoms with Crippen LogP contribution in [0.3, 0.4) is 0 Å². The molecule has 0 fully saturated rings. The van der Waals surface area contributed by atoms with Gasteiger partial charge in [0.15, 0.2) is 17.3 Å². The van der Waals surface area contributed by atoms with Crippen molar-refractivity contribution < 1.29 is 14.3 Å². The second-order valence-electron chi connectivity index (χ2n) is 10.9. The number of ether oxygens (including phenoxy) is 2. The fourth-order valence-electron chi connectivity index (χ4n) is 5.95. The summed E-state index contributed by atoms with van der Waals surface area (Å²) < 4.78 is 13.1. The van der Waals surface area contributed by atoms with Crippen LogP contribution >= 0.6 is 15.9 Å². The van der Waals surface area contributed by atoms with Crippen molar-refractivity contribution in [2.75, 3.05) is 11.9 Å². The lowest BCUT2D eigenvalue weighted by molar-refractivity contribution is -0.117. The number of nitrogens with zero attached hydrogens (tertiary/aromatic N) is 3. The Morgan fingerprint density at radius 2 is 2.05 bits per heavy atom. The van der Waals surface area contributed by atoms with Crippen molar-refractivity contribution in [1.82, 2.24) is 9.97 Å². The topological polar surface area (TPSA) is 112 Å². The van der Waals surface area contributed by atoms with Crippen LogP contribution in [-0.4, -0.2) is 28.1 Å². The quantitative estimate of drug-likeness (QED) is 0.227. The second-order valence-corrected chi connectivity index (χ2v) is 11.7. The number of aromatic amines is 1. The predicted molar refractivity (Wildman–Crippen MR) is 167 cm³/mol. The molecule has 218 valence electrons. The van der Waals surface area contributed by atoms with Crippen molar-refractivity contribution in [3.05, 3.63) is 81.5 Å². The predicted octanol–water partition coefficient (Wildman–Crippen LogP) is 7.49. The molecule has 0 bridgehead atoms. The molecule has 0 saturated carbocycles. The first-order valence-corrected chi connectivity index (χ1v) is 15.3. The van der Waals surface area contributed by atoms with Crippen molar-refractivity contribution in [2.45, 2.75) is 65.5 Å². The molecule has 2 heterocycles. The molecule has 42 heavy (non-hydrogen) atoms. The number of carbonyl (C=O) groups excluding carboxylic acids is 1. The number of aromatic nitrogens is 2. The van der Waals surface area contributed by atoms with Gasteiger partial charge in [-0.3, -0.25) is 9.79 Å². The normalized spacial score (nSPS) is 20.0. The average molecular weight is 631 g/mol. The van der Waals surface area contributed by atoms with E-state index < -0.39 is 11.8 Å². The smallest absolute Gasteiger partial charge is 0.175 e. The summed E-state index contributed by atoms with van der Waals surface area (Å²) in [5, 5.41) is 13.6. The van der Waals surface area contributed by atoms with Crippen LogP contribution in [0.25, 0.3) is 0 Å². The van der Waals surface area contributed by atoms with E-state index >= 15 is 0 Å². The monoisotopic (exact) mass is 629 g/mol. The number of ketones is 1. The molecule has 9 heteroatoms. The van der Waals surface area contributed by atoms with E-state index in [9.17, 15) is 10.1 Å². The number of halogens is 1. The zero-order chi connectivity index (χ0) is 29.6. The lowest BCUT2D eigenvalue weighted by Gasteiger charge is -2.35. The number of H-pyrrole nitrogens is 1. The molecule has 1 aliphatic carbocycles. The highest BCUT2D eigenvalue weighted by Gasteiger charge is 2.41. The first kappa shape index (κ1) is 29.6. The Balaban J connectivity index is 1.41. The van der Waals surface area contributed by atoms with Gasteiger partial charge in [0.05, 0.1) is 41.6 Å². The number of hydrogen-bond donors (Lipinski definition) is 2. The lowest BCUT2D eigenvalue weighted by atomic mass is 9.70. The number of hydrogen-bond acceptors (Lipinski definition) is 7. The summed E-state index contributed by atoms with van der Waals surface area (Å²) in [5.74, 6) is 0.629. The number of aliphatic imine (C=N–C) groups is 1. The minimum absolute atomic E-state index is 0.103. The van der Waals surface area contributed by atoms with Crippen LogP contribution < -0.4 is 14.8 Å². The Bertz CT molecular complexity index is 1540. The Morgan fingerprint density at radius 1 is 1.19 bits per heavy atom. The minimum Gasteiger partial charge on any atom is -0.490 e. The third-order valence-corrected chi connectivity index (χ3v) is 8.44. The number of carbonyl (C=O) groups is 1. The molecule has 0 amide bonds. The van der Waals surface area contributed by atoms with Gasteiger partial charge in [0.2, 0.25) is 0 Å². The lowest BCUT2D eigenvalue weighted by Crippen LogP contribution is -2.32. The number of imidazole rings is 1. The van der Waals surface area contributed by atoms with Crippen molar-refractivity contribution in [3.63, 3.8) is 0 Å². The van der Waals surface area contributed by atoms with E-state index in [1.807, 2.05) is 44.2 Å². The molecule has 0 radical (unpaired) electrons. The van der Waals surface area contributed by atoms with Gasteiger partial charge in [-0.2, -0.15) is 5.26 Å². The average Bonchev–Trinajstić information content (AvgIpc) is 3.49. The molecule has 3 aromatic rings. The fourth-order valence-corrected chi connectivity index (χ4v) is 6.53. The summed E-state index contributed by atoms with van der Waals surface area (Å²) in [7, 11) is 0. The first-order valence-electron chi connectivity index (χ1n) is 14.5. The molecular formula is C33H36BrN5O3. The molecular weight excluding hydrogens is 594 g/mol. The SMILES string of the molecule is CCCC1CC(=O)C2=C(C1)N=C(C)C(C#N)C2c1cc(Br)c(OCc2cccc(NCc3cnc[nH]3)c2)c(OCC)c1. The zero-order valence-electron chi connectivity index (χ0n) is 24.2. The molecule has 0 spiro atoms. The number of nitriles is 1. The summed E-state index contributed by atoms with van der Waals surface area (Å²) in [6, 6.07) is 14.4. The van der Waals surface area contributed by atoms with Gasteiger partial charge < -0.3 is 19.8 Å². The van der Waals surface area contributed by atoms with E-state index in [1.54, 1.807) is 12.5 Å². The third kappa shape index (κ3) is 6.44. The summed E-state index contributed by atoms with van der Waals surface area (Å²) in [6.45, 7) is 7.38. The summed E-state index contributed by atoms with van der Waals surface area (Å²) >= 11 is 3.72. The Hall–Kier alpha value is -3.90. The van der Waals surface area contributed by atoms with Gasteiger partial charge in [-0.15, -0.1) is 0 Å². The minimum atomic E-state index is -0.527. The molecule has 2 aliphatic rings. The van der Waals surface area contributed by atoms with Crippen molar-refractivity contribution >= 4 is 33.1 Å². The van der Waals surface area contributed by atoms with Crippen LogP contribution in [0.15, 0.2) is 69.7 Å². The molecule has 2 aromatic carbocycles. The van der Waals surface area contributed by atoms with E-state index in [0.717, 1.165) is 53.2 Å². The van der Waals surface area contributed by atoms with Crippen LogP contribution in [0.1, 0.15) is 69.2 Å². The van der Waals surface area contributed by atoms with Crippen LogP contribution in [0.2, 0.25) is 0 Å². The van der Waals surface area contributed by atoms with E-state index in [-0.39, 0.29) is 5.78 Å². The van der Waals surface area contributed by atoms with Gasteiger partial charge in [0, 0.05) is 41.2 Å². The summed E-state index contributed by atoms with van der Waals surface area (Å²) in [6.07, 6.45) is 6.77. The van der Waals surface area contributed by atoms with E-state index in [4.69, 9.17) is 14.5 Å². The number of benzene rings is 2. The Morgan fingerprint density at radius 3 is 2.79 bits per heavy atom. The number of allylic oxidation sites excluding steroid dienone is 2. The number of rotatable bonds is 11. The Kier molecular flexibility index (Phi) is 9.43. The molecule has 1 aliphatic heterocycles. The largest absolute Gasteiger partial charge is 0.490 e. The summed E-state index contributed by atoms with van der Waals surface area (Å²) in [5.41, 5.74) is 6.09. The van der Waals surface area contributed by atoms with E-state index in [0.29, 0.717) is 53.6 Å². The number of Topliss-reactive ketones (excluding diaryl/α,β-unsaturated/α-hetero) is 1. The molecule has 2 N–H and O–H groups in total. The maximum Gasteiger partial charge on any atom is 0.175 e. The van der Waals surface area contributed by atoms with Gasteiger partial charge >= 0.3 is 0 Å². The van der Waals surface area contributed by atoms with Crippen LogP contribution in [-0.2, 0) is 17.9 Å². The highest BCUT2D eigenvalue weighted by atomic mass is 79.9. The number of nitrogens with one attached hydrogen (secondary N) is 2. The highest BCUT2D eigenvalue weighted by Crippen LogP contribution is 2.48.